The second-order valence-corrected chi connectivity index (χ2v) is 5.58. The van der Waals surface area contributed by atoms with Gasteiger partial charge in [-0.3, -0.25) is 9.80 Å². The van der Waals surface area contributed by atoms with Crippen LogP contribution in [0, 0.1) is 0 Å². The number of benzene rings is 1. The molecule has 0 bridgehead atoms. The van der Waals surface area contributed by atoms with Crippen molar-refractivity contribution in [1.82, 2.24) is 9.80 Å². The molecule has 0 atom stereocenters. The summed E-state index contributed by atoms with van der Waals surface area (Å²) in [5, 5.41) is 0. The molecule has 0 N–H and O–H groups in total. The van der Waals surface area contributed by atoms with Crippen LogP contribution in [0.3, 0.4) is 0 Å². The maximum atomic E-state index is 2.57. The van der Waals surface area contributed by atoms with Gasteiger partial charge in [-0.2, -0.15) is 0 Å². The summed E-state index contributed by atoms with van der Waals surface area (Å²) in [6.07, 6.45) is 1.13. The van der Waals surface area contributed by atoms with Crippen LogP contribution in [0.4, 0.5) is 0 Å². The van der Waals surface area contributed by atoms with Gasteiger partial charge in [0.2, 0.25) is 0 Å². The Hall–Kier alpha value is -0.860. The van der Waals surface area contributed by atoms with Gasteiger partial charge in [0.25, 0.3) is 0 Å². The molecule has 0 aromatic heterocycles. The largest absolute Gasteiger partial charge is 0.298 e. The molecule has 2 rings (SSSR count). The molecule has 1 aliphatic heterocycles. The van der Waals surface area contributed by atoms with Gasteiger partial charge in [0.05, 0.1) is 0 Å². The number of rotatable bonds is 4. The third-order valence-corrected chi connectivity index (χ3v) is 3.97. The molecule has 1 aliphatic rings. The molecule has 2 nitrogen and oxygen atoms in total. The highest BCUT2D eigenvalue weighted by Gasteiger charge is 2.18. The summed E-state index contributed by atoms with van der Waals surface area (Å²) >= 11 is 0. The number of piperazine rings is 1. The molecule has 1 aromatic rings. The maximum Gasteiger partial charge on any atom is 0.0234 e. The standard InChI is InChI=1S/C16H26N2/c1-4-15-5-7-16(8-6-15)13-17-9-11-18(12-10-17)14(2)3/h5-8,14H,4,9-13H2,1-3H3. The minimum absolute atomic E-state index is 0.691. The number of hydrogen-bond donors (Lipinski definition) is 0. The average Bonchev–Trinajstić information content (AvgIpc) is 2.40. The summed E-state index contributed by atoms with van der Waals surface area (Å²) in [6.45, 7) is 12.7. The first-order chi connectivity index (χ1) is 8.69. The van der Waals surface area contributed by atoms with Gasteiger partial charge < -0.3 is 0 Å². The molecule has 0 amide bonds. The first-order valence-corrected chi connectivity index (χ1v) is 7.23. The highest BCUT2D eigenvalue weighted by Crippen LogP contribution is 2.11. The van der Waals surface area contributed by atoms with Crippen molar-refractivity contribution in [3.05, 3.63) is 35.4 Å². The first kappa shape index (κ1) is 13.6. The number of aryl methyl sites for hydroxylation is 1. The molecule has 1 saturated heterocycles. The van der Waals surface area contributed by atoms with E-state index in [1.54, 1.807) is 0 Å². The fourth-order valence-corrected chi connectivity index (χ4v) is 2.58. The Morgan fingerprint density at radius 2 is 1.50 bits per heavy atom. The molecule has 1 heterocycles. The van der Waals surface area contributed by atoms with Gasteiger partial charge in [-0.1, -0.05) is 31.2 Å². The van der Waals surface area contributed by atoms with Gasteiger partial charge in [-0.05, 0) is 31.4 Å². The van der Waals surface area contributed by atoms with Crippen molar-refractivity contribution in [3.63, 3.8) is 0 Å². The topological polar surface area (TPSA) is 6.48 Å². The summed E-state index contributed by atoms with van der Waals surface area (Å²) in [6, 6.07) is 9.79. The summed E-state index contributed by atoms with van der Waals surface area (Å²) in [5.41, 5.74) is 2.88. The minimum Gasteiger partial charge on any atom is -0.298 e. The summed E-state index contributed by atoms with van der Waals surface area (Å²) < 4.78 is 0. The molecule has 0 unspecified atom stereocenters. The van der Waals surface area contributed by atoms with Crippen LogP contribution in [0.2, 0.25) is 0 Å². The molecule has 0 spiro atoms. The Morgan fingerprint density at radius 3 is 2.00 bits per heavy atom. The Bertz CT molecular complexity index is 348. The first-order valence-electron chi connectivity index (χ1n) is 7.23. The molecule has 0 saturated carbocycles. The smallest absolute Gasteiger partial charge is 0.0234 e. The van der Waals surface area contributed by atoms with Gasteiger partial charge in [-0.15, -0.1) is 0 Å². The maximum absolute atomic E-state index is 2.57. The van der Waals surface area contributed by atoms with E-state index in [1.807, 2.05) is 0 Å². The molecule has 1 fully saturated rings. The van der Waals surface area contributed by atoms with Gasteiger partial charge in [0, 0.05) is 38.8 Å². The van der Waals surface area contributed by atoms with Gasteiger partial charge in [0.15, 0.2) is 0 Å². The summed E-state index contributed by atoms with van der Waals surface area (Å²) in [7, 11) is 0. The summed E-state index contributed by atoms with van der Waals surface area (Å²) in [5.74, 6) is 0. The third-order valence-electron chi connectivity index (χ3n) is 3.97. The van der Waals surface area contributed by atoms with Crippen LogP contribution in [-0.4, -0.2) is 42.0 Å². The van der Waals surface area contributed by atoms with Gasteiger partial charge in [-0.25, -0.2) is 0 Å². The highest BCUT2D eigenvalue weighted by molar-refractivity contribution is 5.22. The zero-order valence-electron chi connectivity index (χ0n) is 12.0. The van der Waals surface area contributed by atoms with Crippen LogP contribution in [0.1, 0.15) is 31.9 Å². The predicted molar refractivity (Wildman–Crippen MR) is 77.8 cm³/mol. The Kier molecular flexibility index (Phi) is 4.79. The second-order valence-electron chi connectivity index (χ2n) is 5.58. The molecular weight excluding hydrogens is 220 g/mol. The van der Waals surface area contributed by atoms with Crippen molar-refractivity contribution in [2.24, 2.45) is 0 Å². The van der Waals surface area contributed by atoms with Crippen LogP contribution in [-0.2, 0) is 13.0 Å². The Balaban J connectivity index is 1.83. The SMILES string of the molecule is CCc1ccc(CN2CCN(C(C)C)CC2)cc1. The van der Waals surface area contributed by atoms with Crippen LogP contribution in [0.5, 0.6) is 0 Å². The van der Waals surface area contributed by atoms with Crippen molar-refractivity contribution < 1.29 is 0 Å². The van der Waals surface area contributed by atoms with Gasteiger partial charge >= 0.3 is 0 Å². The lowest BCUT2D eigenvalue weighted by Crippen LogP contribution is -2.48. The van der Waals surface area contributed by atoms with E-state index >= 15 is 0 Å². The molecule has 100 valence electrons. The highest BCUT2D eigenvalue weighted by atomic mass is 15.3. The quantitative estimate of drug-likeness (QED) is 0.806. The number of nitrogens with zero attached hydrogens (tertiary/aromatic N) is 2. The molecule has 0 radical (unpaired) electrons. The normalized spacial score (nSPS) is 18.4. The van der Waals surface area contributed by atoms with E-state index in [0.717, 1.165) is 13.0 Å². The van der Waals surface area contributed by atoms with Crippen LogP contribution in [0.25, 0.3) is 0 Å². The van der Waals surface area contributed by atoms with E-state index in [1.165, 1.54) is 37.3 Å². The zero-order valence-corrected chi connectivity index (χ0v) is 12.0. The Morgan fingerprint density at radius 1 is 0.944 bits per heavy atom. The van der Waals surface area contributed by atoms with Crippen LogP contribution >= 0.6 is 0 Å². The lowest BCUT2D eigenvalue weighted by molar-refractivity contribution is 0.104. The second kappa shape index (κ2) is 6.35. The molecule has 18 heavy (non-hydrogen) atoms. The fraction of sp³-hybridized carbons (Fsp3) is 0.625. The molecular formula is C16H26N2. The van der Waals surface area contributed by atoms with E-state index in [-0.39, 0.29) is 0 Å². The van der Waals surface area contributed by atoms with E-state index in [4.69, 9.17) is 0 Å². The van der Waals surface area contributed by atoms with E-state index < -0.39 is 0 Å². The third kappa shape index (κ3) is 3.56. The Labute approximate surface area is 112 Å². The zero-order chi connectivity index (χ0) is 13.0. The van der Waals surface area contributed by atoms with Crippen molar-refractivity contribution in [2.75, 3.05) is 26.2 Å². The summed E-state index contributed by atoms with van der Waals surface area (Å²) in [4.78, 5) is 5.14. The molecule has 2 heteroatoms. The van der Waals surface area contributed by atoms with Crippen LogP contribution < -0.4 is 0 Å². The molecule has 0 aliphatic carbocycles. The van der Waals surface area contributed by atoms with E-state index in [9.17, 15) is 0 Å². The number of hydrogen-bond acceptors (Lipinski definition) is 2. The van der Waals surface area contributed by atoms with Crippen molar-refractivity contribution in [1.29, 1.82) is 0 Å². The van der Waals surface area contributed by atoms with Gasteiger partial charge in [0.1, 0.15) is 0 Å². The fourth-order valence-electron chi connectivity index (χ4n) is 2.58. The monoisotopic (exact) mass is 246 g/mol. The minimum atomic E-state index is 0.691. The lowest BCUT2D eigenvalue weighted by Gasteiger charge is -2.36. The average molecular weight is 246 g/mol. The lowest BCUT2D eigenvalue weighted by atomic mass is 10.1. The van der Waals surface area contributed by atoms with E-state index in [2.05, 4.69) is 54.8 Å². The van der Waals surface area contributed by atoms with Crippen molar-refractivity contribution >= 4 is 0 Å². The van der Waals surface area contributed by atoms with Crippen molar-refractivity contribution in [3.8, 4) is 0 Å². The van der Waals surface area contributed by atoms with E-state index in [0.29, 0.717) is 6.04 Å². The molecule has 1 aromatic carbocycles. The van der Waals surface area contributed by atoms with Crippen molar-refractivity contribution in [2.45, 2.75) is 39.8 Å². The van der Waals surface area contributed by atoms with Crippen LogP contribution in [0.15, 0.2) is 24.3 Å². The predicted octanol–water partition coefficient (Wildman–Crippen LogP) is 2.78.